The van der Waals surface area contributed by atoms with Gasteiger partial charge in [0, 0.05) is 12.8 Å². The van der Waals surface area contributed by atoms with Crippen LogP contribution in [0.3, 0.4) is 0 Å². The van der Waals surface area contributed by atoms with Gasteiger partial charge in [0.25, 0.3) is 5.91 Å². The zero-order valence-corrected chi connectivity index (χ0v) is 12.4. The molecule has 0 aliphatic heterocycles. The Morgan fingerprint density at radius 2 is 1.95 bits per heavy atom. The molecule has 0 bridgehead atoms. The molecule has 1 N–H and O–H groups in total. The molecule has 1 rings (SSSR count). The monoisotopic (exact) mass is 279 g/mol. The number of rotatable bonds is 6. The summed E-state index contributed by atoms with van der Waals surface area (Å²) in [7, 11) is 1.39. The number of hydrogen-bond donors (Lipinski definition) is 1. The van der Waals surface area contributed by atoms with E-state index in [2.05, 4.69) is 23.9 Å². The number of hydrogen-bond acceptors (Lipinski definition) is 4. The first kappa shape index (κ1) is 16.2. The van der Waals surface area contributed by atoms with Crippen molar-refractivity contribution in [3.8, 4) is 0 Å². The highest BCUT2D eigenvalue weighted by Gasteiger charge is 2.13. The lowest BCUT2D eigenvalue weighted by Crippen LogP contribution is -2.23. The number of carbonyl (C=O) groups is 2. The lowest BCUT2D eigenvalue weighted by Gasteiger charge is -2.16. The van der Waals surface area contributed by atoms with E-state index in [-0.39, 0.29) is 19.1 Å². The quantitative estimate of drug-likeness (QED) is 0.811. The highest BCUT2D eigenvalue weighted by Crippen LogP contribution is 2.27. The number of amides is 1. The maximum absolute atomic E-state index is 11.8. The Kier molecular flexibility index (Phi) is 6.18. The number of para-hydroxylation sites is 1. The van der Waals surface area contributed by atoms with Crippen LogP contribution in [0.15, 0.2) is 18.2 Å². The second kappa shape index (κ2) is 7.65. The normalized spacial score (nSPS) is 10.4. The molecule has 0 radical (unpaired) electrons. The molecule has 5 heteroatoms. The van der Waals surface area contributed by atoms with E-state index in [4.69, 9.17) is 4.74 Å². The molecule has 0 aliphatic rings. The SMILES string of the molecule is COCC(=O)OCC(=O)Nc1c(C)cccc1C(C)C. The molecule has 0 saturated heterocycles. The topological polar surface area (TPSA) is 64.6 Å². The number of anilines is 1. The van der Waals surface area contributed by atoms with E-state index in [1.165, 1.54) is 7.11 Å². The van der Waals surface area contributed by atoms with Crippen LogP contribution >= 0.6 is 0 Å². The molecule has 110 valence electrons. The predicted molar refractivity (Wildman–Crippen MR) is 76.7 cm³/mol. The second-order valence-electron chi connectivity index (χ2n) is 4.84. The van der Waals surface area contributed by atoms with Crippen LogP contribution in [0.5, 0.6) is 0 Å². The third-order valence-corrected chi connectivity index (χ3v) is 2.82. The average molecular weight is 279 g/mol. The lowest BCUT2D eigenvalue weighted by molar-refractivity contribution is -0.150. The zero-order valence-electron chi connectivity index (χ0n) is 12.4. The van der Waals surface area contributed by atoms with E-state index >= 15 is 0 Å². The fourth-order valence-electron chi connectivity index (χ4n) is 1.82. The molecule has 0 aromatic heterocycles. The van der Waals surface area contributed by atoms with E-state index < -0.39 is 5.97 Å². The van der Waals surface area contributed by atoms with Crippen LogP contribution in [-0.4, -0.2) is 32.2 Å². The minimum absolute atomic E-state index is 0.158. The Morgan fingerprint density at radius 1 is 1.25 bits per heavy atom. The zero-order chi connectivity index (χ0) is 15.1. The van der Waals surface area contributed by atoms with E-state index in [0.717, 1.165) is 16.8 Å². The van der Waals surface area contributed by atoms with Crippen molar-refractivity contribution >= 4 is 17.6 Å². The van der Waals surface area contributed by atoms with Gasteiger partial charge in [-0.2, -0.15) is 0 Å². The Hall–Kier alpha value is -1.88. The molecule has 5 nitrogen and oxygen atoms in total. The van der Waals surface area contributed by atoms with E-state index in [1.807, 2.05) is 25.1 Å². The number of methoxy groups -OCH3 is 1. The van der Waals surface area contributed by atoms with Crippen molar-refractivity contribution < 1.29 is 19.1 Å². The van der Waals surface area contributed by atoms with Crippen LogP contribution in [0, 0.1) is 6.92 Å². The molecule has 0 atom stereocenters. The van der Waals surface area contributed by atoms with Gasteiger partial charge in [0.2, 0.25) is 0 Å². The highest BCUT2D eigenvalue weighted by atomic mass is 16.6. The standard InChI is InChI=1S/C15H21NO4/c1-10(2)12-7-5-6-11(3)15(12)16-13(17)8-20-14(18)9-19-4/h5-7,10H,8-9H2,1-4H3,(H,16,17). The van der Waals surface area contributed by atoms with Gasteiger partial charge in [0.15, 0.2) is 6.61 Å². The molecule has 1 aromatic carbocycles. The number of aryl methyl sites for hydroxylation is 1. The molecule has 1 amide bonds. The Bertz CT molecular complexity index is 483. The molecular formula is C15H21NO4. The van der Waals surface area contributed by atoms with Crippen molar-refractivity contribution in [3.05, 3.63) is 29.3 Å². The Morgan fingerprint density at radius 3 is 2.55 bits per heavy atom. The van der Waals surface area contributed by atoms with Gasteiger partial charge in [0.1, 0.15) is 6.61 Å². The fourth-order valence-corrected chi connectivity index (χ4v) is 1.82. The summed E-state index contributed by atoms with van der Waals surface area (Å²) >= 11 is 0. The molecule has 0 unspecified atom stereocenters. The van der Waals surface area contributed by atoms with Gasteiger partial charge in [0.05, 0.1) is 0 Å². The Balaban J connectivity index is 2.69. The fraction of sp³-hybridized carbons (Fsp3) is 0.467. The number of benzene rings is 1. The van der Waals surface area contributed by atoms with Gasteiger partial charge in [-0.25, -0.2) is 4.79 Å². The van der Waals surface area contributed by atoms with Crippen LogP contribution in [0.1, 0.15) is 30.9 Å². The average Bonchev–Trinajstić information content (AvgIpc) is 2.39. The third kappa shape index (κ3) is 4.66. The smallest absolute Gasteiger partial charge is 0.332 e. The van der Waals surface area contributed by atoms with Crippen LogP contribution in [-0.2, 0) is 19.1 Å². The maximum atomic E-state index is 11.8. The lowest BCUT2D eigenvalue weighted by atomic mass is 9.98. The summed E-state index contributed by atoms with van der Waals surface area (Å²) < 4.78 is 9.40. The van der Waals surface area contributed by atoms with Gasteiger partial charge in [-0.15, -0.1) is 0 Å². The minimum atomic E-state index is -0.559. The van der Waals surface area contributed by atoms with Crippen molar-refractivity contribution in [1.29, 1.82) is 0 Å². The van der Waals surface area contributed by atoms with Gasteiger partial charge < -0.3 is 14.8 Å². The largest absolute Gasteiger partial charge is 0.454 e. The summed E-state index contributed by atoms with van der Waals surface area (Å²) in [4.78, 5) is 22.9. The van der Waals surface area contributed by atoms with Crippen molar-refractivity contribution in [2.24, 2.45) is 0 Å². The van der Waals surface area contributed by atoms with Crippen molar-refractivity contribution in [2.75, 3.05) is 25.6 Å². The number of ether oxygens (including phenoxy) is 2. The second-order valence-corrected chi connectivity index (χ2v) is 4.84. The summed E-state index contributed by atoms with van der Waals surface area (Å²) in [5.74, 6) is -0.622. The van der Waals surface area contributed by atoms with Gasteiger partial charge in [-0.05, 0) is 24.0 Å². The third-order valence-electron chi connectivity index (χ3n) is 2.82. The van der Waals surface area contributed by atoms with E-state index in [1.54, 1.807) is 0 Å². The Labute approximate surface area is 119 Å². The first-order chi connectivity index (χ1) is 9.45. The number of nitrogens with one attached hydrogen (secondary N) is 1. The number of carbonyl (C=O) groups excluding carboxylic acids is 2. The van der Waals surface area contributed by atoms with Crippen molar-refractivity contribution in [3.63, 3.8) is 0 Å². The first-order valence-electron chi connectivity index (χ1n) is 6.49. The van der Waals surface area contributed by atoms with Crippen LogP contribution < -0.4 is 5.32 Å². The molecule has 0 aliphatic carbocycles. The number of esters is 1. The van der Waals surface area contributed by atoms with Crippen LogP contribution in [0.25, 0.3) is 0 Å². The van der Waals surface area contributed by atoms with Crippen LogP contribution in [0.4, 0.5) is 5.69 Å². The predicted octanol–water partition coefficient (Wildman–Crippen LogP) is 2.25. The minimum Gasteiger partial charge on any atom is -0.454 e. The summed E-state index contributed by atoms with van der Waals surface area (Å²) in [6.07, 6.45) is 0. The molecule has 0 spiro atoms. The first-order valence-corrected chi connectivity index (χ1v) is 6.49. The molecule has 1 aromatic rings. The van der Waals surface area contributed by atoms with Gasteiger partial charge >= 0.3 is 5.97 Å². The molecular weight excluding hydrogens is 258 g/mol. The summed E-state index contributed by atoms with van der Waals surface area (Å²) in [5.41, 5.74) is 2.82. The van der Waals surface area contributed by atoms with Gasteiger partial charge in [-0.3, -0.25) is 4.79 Å². The summed E-state index contributed by atoms with van der Waals surface area (Å²) in [5, 5.41) is 2.80. The van der Waals surface area contributed by atoms with E-state index in [9.17, 15) is 9.59 Å². The molecule has 0 saturated carbocycles. The van der Waals surface area contributed by atoms with Gasteiger partial charge in [-0.1, -0.05) is 32.0 Å². The summed E-state index contributed by atoms with van der Waals surface area (Å²) in [6, 6.07) is 5.86. The molecule has 20 heavy (non-hydrogen) atoms. The van der Waals surface area contributed by atoms with Crippen LogP contribution in [0.2, 0.25) is 0 Å². The summed E-state index contributed by atoms with van der Waals surface area (Å²) in [6.45, 7) is 5.58. The molecule has 0 heterocycles. The van der Waals surface area contributed by atoms with Crippen molar-refractivity contribution in [1.82, 2.24) is 0 Å². The van der Waals surface area contributed by atoms with E-state index in [0.29, 0.717) is 5.92 Å². The maximum Gasteiger partial charge on any atom is 0.332 e. The highest BCUT2D eigenvalue weighted by molar-refractivity contribution is 5.94. The van der Waals surface area contributed by atoms with Crippen molar-refractivity contribution in [2.45, 2.75) is 26.7 Å². The molecule has 0 fully saturated rings.